The third kappa shape index (κ3) is 9.99. The Morgan fingerprint density at radius 2 is 1.59 bits per heavy atom. The van der Waals surface area contributed by atoms with Gasteiger partial charge in [-0.15, -0.1) is 29.1 Å². The predicted octanol–water partition coefficient (Wildman–Crippen LogP) is 11.9. The second kappa shape index (κ2) is 17.9. The number of fused-ring (bicyclic) bond motifs is 2. The van der Waals surface area contributed by atoms with Crippen LogP contribution in [0.15, 0.2) is 83.4 Å². The second-order valence-corrected chi connectivity index (χ2v) is 14.2. The zero-order valence-electron chi connectivity index (χ0n) is 30.7. The van der Waals surface area contributed by atoms with Crippen LogP contribution in [0.2, 0.25) is 0 Å². The molecule has 5 rings (SSSR count). The average molecular weight is 838 g/mol. The van der Waals surface area contributed by atoms with Gasteiger partial charge in [0.25, 0.3) is 0 Å². The molecule has 1 N–H and O–H groups in total. The van der Waals surface area contributed by atoms with Gasteiger partial charge in [0.1, 0.15) is 5.76 Å². The minimum atomic E-state index is 0. The molecule has 0 unspecified atom stereocenters. The fraction of sp³-hybridized carbons (Fsp3) is 0.419. The van der Waals surface area contributed by atoms with Gasteiger partial charge in [0, 0.05) is 73.5 Å². The number of nitrogens with zero attached hydrogens (tertiary/aromatic N) is 2. The number of aromatic nitrogens is 2. The fourth-order valence-corrected chi connectivity index (χ4v) is 6.26. The molecule has 1 radical (unpaired) electrons. The van der Waals surface area contributed by atoms with E-state index in [0.29, 0.717) is 5.92 Å². The number of carbonyl (C=O) groups is 1. The van der Waals surface area contributed by atoms with Crippen molar-refractivity contribution < 1.29 is 34.4 Å². The maximum absolute atomic E-state index is 11.7. The largest absolute Gasteiger partial charge is 0.512 e. The maximum atomic E-state index is 11.7. The number of hydrogen-bond donors (Lipinski definition) is 1. The van der Waals surface area contributed by atoms with Crippen LogP contribution in [0.5, 0.6) is 0 Å². The third-order valence-corrected chi connectivity index (χ3v) is 9.12. The Balaban J connectivity index is 0.000000347. The first-order chi connectivity index (χ1) is 22.9. The van der Waals surface area contributed by atoms with E-state index in [1.807, 2.05) is 46.2 Å². The molecule has 3 aromatic heterocycles. The van der Waals surface area contributed by atoms with E-state index in [9.17, 15) is 9.90 Å². The van der Waals surface area contributed by atoms with Gasteiger partial charge in [0.2, 0.25) is 0 Å². The Morgan fingerprint density at radius 1 is 0.918 bits per heavy atom. The molecule has 0 aliphatic carbocycles. The number of aliphatic hydroxyl groups excluding tert-OH is 1. The van der Waals surface area contributed by atoms with Gasteiger partial charge in [0.05, 0.1) is 12.0 Å². The number of furan rings is 1. The maximum Gasteiger partial charge on any atom is 0.162 e. The van der Waals surface area contributed by atoms with Crippen LogP contribution in [-0.4, -0.2) is 20.9 Å². The van der Waals surface area contributed by atoms with Crippen LogP contribution >= 0.6 is 0 Å². The van der Waals surface area contributed by atoms with Crippen molar-refractivity contribution in [1.82, 2.24) is 9.97 Å². The fourth-order valence-electron chi connectivity index (χ4n) is 6.26. The van der Waals surface area contributed by atoms with Gasteiger partial charge < -0.3 is 9.52 Å². The van der Waals surface area contributed by atoms with Gasteiger partial charge in [-0.05, 0) is 54.7 Å². The quantitative estimate of drug-likeness (QED) is 0.0815. The Morgan fingerprint density at radius 3 is 2.22 bits per heavy atom. The van der Waals surface area contributed by atoms with Crippen LogP contribution in [0.25, 0.3) is 44.1 Å². The van der Waals surface area contributed by atoms with Crippen molar-refractivity contribution in [3.05, 3.63) is 96.3 Å². The third-order valence-electron chi connectivity index (χ3n) is 9.12. The van der Waals surface area contributed by atoms with Gasteiger partial charge in [0.15, 0.2) is 11.4 Å². The van der Waals surface area contributed by atoms with Crippen LogP contribution in [0.4, 0.5) is 0 Å². The Bertz CT molecular complexity index is 1860. The summed E-state index contributed by atoms with van der Waals surface area (Å²) in [6.45, 7) is 19.2. The van der Waals surface area contributed by atoms with Crippen molar-refractivity contribution in [3.8, 4) is 22.4 Å². The van der Waals surface area contributed by atoms with E-state index in [1.54, 1.807) is 6.20 Å². The first-order valence-electron chi connectivity index (χ1n) is 17.6. The van der Waals surface area contributed by atoms with Gasteiger partial charge in [-0.3, -0.25) is 14.8 Å². The number of rotatable bonds is 11. The molecule has 49 heavy (non-hydrogen) atoms. The number of aliphatic hydroxyl groups is 1. The summed E-state index contributed by atoms with van der Waals surface area (Å²) < 4.78 is 6.07. The van der Waals surface area contributed by atoms with E-state index in [1.165, 1.54) is 17.0 Å². The number of carbonyl (C=O) groups excluding carboxylic acids is 1. The Hall–Kier alpha value is -3.60. The number of allylic oxidation sites excluding steroid dienone is 2. The van der Waals surface area contributed by atoms with Crippen molar-refractivity contribution in [3.63, 3.8) is 0 Å². The molecule has 0 atom stereocenters. The first kappa shape index (κ1) is 39.8. The van der Waals surface area contributed by atoms with E-state index in [-0.39, 0.29) is 48.9 Å². The van der Waals surface area contributed by atoms with E-state index >= 15 is 0 Å². The molecule has 0 saturated heterocycles. The van der Waals surface area contributed by atoms with Gasteiger partial charge >= 0.3 is 0 Å². The van der Waals surface area contributed by atoms with Crippen molar-refractivity contribution >= 4 is 27.5 Å². The van der Waals surface area contributed by atoms with E-state index in [2.05, 4.69) is 88.1 Å². The zero-order valence-corrected chi connectivity index (χ0v) is 33.1. The molecule has 0 fully saturated rings. The molecule has 5 nitrogen and oxygen atoms in total. The summed E-state index contributed by atoms with van der Waals surface area (Å²) in [6.07, 6.45) is 11.4. The molecule has 3 heterocycles. The second-order valence-electron chi connectivity index (χ2n) is 14.2. The van der Waals surface area contributed by atoms with Crippen LogP contribution in [-0.2, 0) is 36.7 Å². The predicted molar refractivity (Wildman–Crippen MR) is 200 cm³/mol. The van der Waals surface area contributed by atoms with E-state index < -0.39 is 0 Å². The van der Waals surface area contributed by atoms with E-state index in [0.717, 1.165) is 76.6 Å². The summed E-state index contributed by atoms with van der Waals surface area (Å²) >= 11 is 0. The molecular formula is C43H53IrN2O3-. The first-order valence-corrected chi connectivity index (χ1v) is 17.6. The Kier molecular flexibility index (Phi) is 14.5. The summed E-state index contributed by atoms with van der Waals surface area (Å²) in [5, 5.41) is 13.2. The van der Waals surface area contributed by atoms with Gasteiger partial charge in [-0.25, -0.2) is 0 Å². The summed E-state index contributed by atoms with van der Waals surface area (Å²) in [5.41, 5.74) is 6.20. The minimum absolute atomic E-state index is 0. The van der Waals surface area contributed by atoms with Crippen molar-refractivity contribution in [2.45, 2.75) is 99.8 Å². The van der Waals surface area contributed by atoms with Crippen LogP contribution in [0.3, 0.4) is 0 Å². The van der Waals surface area contributed by atoms with Crippen LogP contribution in [0, 0.1) is 23.8 Å². The van der Waals surface area contributed by atoms with Crippen molar-refractivity contribution in [2.24, 2.45) is 17.8 Å². The number of ketones is 1. The van der Waals surface area contributed by atoms with Gasteiger partial charge in [-0.1, -0.05) is 97.5 Å². The molecule has 2 aromatic carbocycles. The molecule has 0 saturated carbocycles. The molecule has 0 aliphatic rings. The molecule has 0 aliphatic heterocycles. The molecule has 6 heteroatoms. The Labute approximate surface area is 307 Å². The van der Waals surface area contributed by atoms with Crippen LogP contribution in [0.1, 0.15) is 99.3 Å². The number of hydrogen-bond acceptors (Lipinski definition) is 5. The SMILES string of the molecule is CC(C)Cc1cc2c(-c3ccnc(-c4[c-]c5ccccc5c(C(C)(C)C)c4)c3)cncc2o1.CCC(CC)C(=O)/C=C(\O)C(CC)CC.[Ir]. The summed E-state index contributed by atoms with van der Waals surface area (Å²) in [4.78, 5) is 20.9. The standard InChI is InChI=1S/C30H29N2O.C13H24O2.Ir/c1-19(2)12-23-16-25-26(17-31-18-29(25)33-23)21-10-11-32-28(15-21)22-13-20-8-6-7-9-24(20)27(14-22)30(3,4)5;1-5-10(6-2)12(14)9-13(15)11(7-3)8-4;/h6-11,14-19H,12H2,1-5H3;9-11,14H,5-8H2,1-4H3;/q-1;;/b;12-9-;. The zero-order chi connectivity index (χ0) is 35.0. The molecule has 0 spiro atoms. The van der Waals surface area contributed by atoms with Gasteiger partial charge in [-0.2, -0.15) is 0 Å². The molecule has 0 bridgehead atoms. The summed E-state index contributed by atoms with van der Waals surface area (Å²) in [6, 6.07) is 20.7. The molecular weight excluding hydrogens is 785 g/mol. The monoisotopic (exact) mass is 838 g/mol. The minimum Gasteiger partial charge on any atom is -0.512 e. The molecule has 5 aromatic rings. The molecule has 263 valence electrons. The van der Waals surface area contributed by atoms with Crippen molar-refractivity contribution in [2.75, 3.05) is 0 Å². The van der Waals surface area contributed by atoms with E-state index in [4.69, 9.17) is 9.40 Å². The average Bonchev–Trinajstić information content (AvgIpc) is 3.47. The number of benzene rings is 2. The smallest absolute Gasteiger partial charge is 0.162 e. The van der Waals surface area contributed by atoms with Crippen molar-refractivity contribution in [1.29, 1.82) is 0 Å². The summed E-state index contributed by atoms with van der Waals surface area (Å²) in [7, 11) is 0. The number of pyridine rings is 2. The summed E-state index contributed by atoms with van der Waals surface area (Å²) in [5.74, 6) is 2.09. The topological polar surface area (TPSA) is 76.2 Å². The normalized spacial score (nSPS) is 12.0. The van der Waals surface area contributed by atoms with Crippen LogP contribution < -0.4 is 0 Å². The molecule has 0 amide bonds.